The first-order valence-electron chi connectivity index (χ1n) is 12.9. The molecule has 3 aliphatic rings. The van der Waals surface area contributed by atoms with Crippen LogP contribution < -0.4 is 21.7 Å². The van der Waals surface area contributed by atoms with Crippen molar-refractivity contribution in [2.24, 2.45) is 0 Å². The number of piperidine rings is 1. The van der Waals surface area contributed by atoms with E-state index in [-0.39, 0.29) is 36.0 Å². The molecule has 0 saturated carbocycles. The summed E-state index contributed by atoms with van der Waals surface area (Å²) in [4.78, 5) is 32.0. The number of nitrogens with two attached hydrogens (primary N) is 1. The lowest BCUT2D eigenvalue weighted by Gasteiger charge is -2.41. The van der Waals surface area contributed by atoms with Gasteiger partial charge in [-0.05, 0) is 43.4 Å². The standard InChI is InChI=1S/C26H32N8O3/c1-28-26(36)31-17-4-2-15(3-5-17)20-13-30-34-23(27)12-21(32-24(20)34)16-10-18-6-7-19(11-16)33(18)25(35)22-14-37-9-8-29-22/h2-5,12-13,16,18-19,22,29H,6-11,14,27H2,1H3,(H2,28,31,36)/t16?,18-,19+,22-/m0/s1. The van der Waals surface area contributed by atoms with Crippen LogP contribution in [0, 0.1) is 0 Å². The fraction of sp³-hybridized carbons (Fsp3) is 0.462. The Balaban J connectivity index is 1.24. The summed E-state index contributed by atoms with van der Waals surface area (Å²) in [5.74, 6) is 0.936. The van der Waals surface area contributed by atoms with E-state index >= 15 is 0 Å². The molecule has 3 aromatic rings. The lowest BCUT2D eigenvalue weighted by atomic mass is 9.87. The predicted octanol–water partition coefficient (Wildman–Crippen LogP) is 1.96. The van der Waals surface area contributed by atoms with E-state index in [0.29, 0.717) is 36.9 Å². The molecule has 3 aliphatic heterocycles. The number of nitrogens with zero attached hydrogens (tertiary/aromatic N) is 4. The highest BCUT2D eigenvalue weighted by Gasteiger charge is 2.45. The van der Waals surface area contributed by atoms with Crippen LogP contribution >= 0.6 is 0 Å². The molecule has 0 spiro atoms. The quantitative estimate of drug-likeness (QED) is 0.426. The van der Waals surface area contributed by atoms with Crippen molar-refractivity contribution in [1.29, 1.82) is 0 Å². The lowest BCUT2D eigenvalue weighted by molar-refractivity contribution is -0.141. The number of morpholine rings is 1. The van der Waals surface area contributed by atoms with Gasteiger partial charge in [-0.3, -0.25) is 4.79 Å². The topological polar surface area (TPSA) is 139 Å². The number of anilines is 2. The van der Waals surface area contributed by atoms with Gasteiger partial charge in [0.05, 0.1) is 19.4 Å². The molecule has 2 bridgehead atoms. The normalized spacial score (nSPS) is 25.3. The number of urea groups is 1. The molecule has 3 fully saturated rings. The molecule has 37 heavy (non-hydrogen) atoms. The summed E-state index contributed by atoms with van der Waals surface area (Å²) in [6.07, 6.45) is 5.57. The Labute approximate surface area is 214 Å². The number of nitrogens with one attached hydrogen (secondary N) is 3. The summed E-state index contributed by atoms with van der Waals surface area (Å²) in [5, 5.41) is 13.1. The number of carbonyl (C=O) groups is 2. The van der Waals surface area contributed by atoms with E-state index in [9.17, 15) is 9.59 Å². The number of benzene rings is 1. The van der Waals surface area contributed by atoms with E-state index < -0.39 is 0 Å². The number of amides is 3. The van der Waals surface area contributed by atoms with Crippen LogP contribution in [0.4, 0.5) is 16.3 Å². The summed E-state index contributed by atoms with van der Waals surface area (Å²) in [6, 6.07) is 9.39. The summed E-state index contributed by atoms with van der Waals surface area (Å²) in [6.45, 7) is 1.81. The number of ether oxygens (including phenoxy) is 1. The van der Waals surface area contributed by atoms with Gasteiger partial charge in [-0.25, -0.2) is 9.78 Å². The zero-order chi connectivity index (χ0) is 25.5. The van der Waals surface area contributed by atoms with E-state index in [1.807, 2.05) is 30.3 Å². The van der Waals surface area contributed by atoms with Gasteiger partial charge in [-0.15, -0.1) is 0 Å². The highest BCUT2D eigenvalue weighted by molar-refractivity contribution is 5.89. The minimum absolute atomic E-state index is 0.168. The van der Waals surface area contributed by atoms with Gasteiger partial charge in [-0.2, -0.15) is 9.61 Å². The third-order valence-electron chi connectivity index (χ3n) is 7.83. The largest absolute Gasteiger partial charge is 0.384 e. The second kappa shape index (κ2) is 9.64. The molecular formula is C26H32N8O3. The van der Waals surface area contributed by atoms with Crippen molar-refractivity contribution in [1.82, 2.24) is 30.1 Å². The van der Waals surface area contributed by atoms with E-state index in [1.54, 1.807) is 17.8 Å². The molecular weight excluding hydrogens is 472 g/mol. The average Bonchev–Trinajstić information content (AvgIpc) is 3.47. The number of carbonyl (C=O) groups excluding carboxylic acids is 2. The number of nitrogen functional groups attached to an aromatic ring is 1. The van der Waals surface area contributed by atoms with Gasteiger partial charge < -0.3 is 31.3 Å². The van der Waals surface area contributed by atoms with Gasteiger partial charge in [0.15, 0.2) is 5.65 Å². The molecule has 3 amide bonds. The Bertz CT molecular complexity index is 1300. The smallest absolute Gasteiger partial charge is 0.318 e. The Hall–Kier alpha value is -3.70. The second-order valence-corrected chi connectivity index (χ2v) is 10.1. The number of rotatable bonds is 4. The first-order valence-corrected chi connectivity index (χ1v) is 12.9. The van der Waals surface area contributed by atoms with Crippen molar-refractivity contribution >= 4 is 29.1 Å². The van der Waals surface area contributed by atoms with Gasteiger partial charge in [0.25, 0.3) is 0 Å². The molecule has 0 radical (unpaired) electrons. The Kier molecular flexibility index (Phi) is 6.17. The van der Waals surface area contributed by atoms with Gasteiger partial charge in [0.1, 0.15) is 11.9 Å². The van der Waals surface area contributed by atoms with Crippen LogP contribution in [-0.2, 0) is 9.53 Å². The third kappa shape index (κ3) is 4.38. The molecule has 11 nitrogen and oxygen atoms in total. The zero-order valence-corrected chi connectivity index (χ0v) is 20.8. The van der Waals surface area contributed by atoms with Crippen molar-refractivity contribution < 1.29 is 14.3 Å². The van der Waals surface area contributed by atoms with Crippen molar-refractivity contribution in [3.63, 3.8) is 0 Å². The van der Waals surface area contributed by atoms with Crippen molar-refractivity contribution in [3.05, 3.63) is 42.2 Å². The minimum Gasteiger partial charge on any atom is -0.384 e. The highest BCUT2D eigenvalue weighted by atomic mass is 16.5. The monoisotopic (exact) mass is 504 g/mol. The molecule has 11 heteroatoms. The maximum Gasteiger partial charge on any atom is 0.318 e. The molecule has 5 heterocycles. The maximum absolute atomic E-state index is 13.3. The summed E-state index contributed by atoms with van der Waals surface area (Å²) in [5.41, 5.74) is 10.6. The highest BCUT2D eigenvalue weighted by Crippen LogP contribution is 2.43. The molecule has 3 saturated heterocycles. The lowest BCUT2D eigenvalue weighted by Crippen LogP contribution is -2.57. The zero-order valence-electron chi connectivity index (χ0n) is 20.8. The molecule has 1 aromatic carbocycles. The van der Waals surface area contributed by atoms with Crippen molar-refractivity contribution in [2.75, 3.05) is 37.9 Å². The van der Waals surface area contributed by atoms with Crippen LogP contribution in [0.15, 0.2) is 36.5 Å². The summed E-state index contributed by atoms with van der Waals surface area (Å²) < 4.78 is 7.20. The van der Waals surface area contributed by atoms with E-state index in [2.05, 4.69) is 25.9 Å². The number of hydrogen-bond donors (Lipinski definition) is 4. The SMILES string of the molecule is CNC(=O)Nc1ccc(-c2cnn3c(N)cc(C4C[C@H]5CC[C@@H](C4)N5C(=O)[C@@H]4COCCN4)nc23)cc1. The van der Waals surface area contributed by atoms with Crippen LogP contribution in [0.5, 0.6) is 0 Å². The number of fused-ring (bicyclic) bond motifs is 3. The summed E-state index contributed by atoms with van der Waals surface area (Å²) >= 11 is 0. The first-order chi connectivity index (χ1) is 18.0. The van der Waals surface area contributed by atoms with Crippen molar-refractivity contribution in [3.8, 4) is 11.1 Å². The fourth-order valence-corrected chi connectivity index (χ4v) is 6.03. The van der Waals surface area contributed by atoms with Crippen LogP contribution in [-0.4, -0.2) is 76.4 Å². The van der Waals surface area contributed by atoms with Crippen LogP contribution in [0.25, 0.3) is 16.8 Å². The van der Waals surface area contributed by atoms with E-state index in [1.165, 1.54) is 0 Å². The second-order valence-electron chi connectivity index (χ2n) is 10.1. The molecule has 5 N–H and O–H groups in total. The van der Waals surface area contributed by atoms with Gasteiger partial charge >= 0.3 is 6.03 Å². The number of hydrogen-bond acceptors (Lipinski definition) is 7. The number of aromatic nitrogens is 3. The molecule has 0 aliphatic carbocycles. The maximum atomic E-state index is 13.3. The van der Waals surface area contributed by atoms with Crippen LogP contribution in [0.2, 0.25) is 0 Å². The molecule has 1 unspecified atom stereocenters. The average molecular weight is 505 g/mol. The van der Waals surface area contributed by atoms with Crippen LogP contribution in [0.1, 0.15) is 37.3 Å². The third-order valence-corrected chi connectivity index (χ3v) is 7.83. The first kappa shape index (κ1) is 23.7. The molecule has 4 atom stereocenters. The molecule has 6 rings (SSSR count). The Morgan fingerprint density at radius 3 is 2.59 bits per heavy atom. The van der Waals surface area contributed by atoms with Crippen molar-refractivity contribution in [2.45, 2.75) is 49.7 Å². The Morgan fingerprint density at radius 1 is 1.16 bits per heavy atom. The van der Waals surface area contributed by atoms with Gasteiger partial charge in [0.2, 0.25) is 5.91 Å². The minimum atomic E-state index is -0.270. The van der Waals surface area contributed by atoms with Gasteiger partial charge in [0, 0.05) is 54.6 Å². The molecule has 2 aromatic heterocycles. The summed E-state index contributed by atoms with van der Waals surface area (Å²) in [7, 11) is 1.58. The fourth-order valence-electron chi connectivity index (χ4n) is 6.03. The van der Waals surface area contributed by atoms with E-state index in [0.717, 1.165) is 42.5 Å². The van der Waals surface area contributed by atoms with Crippen LogP contribution in [0.3, 0.4) is 0 Å². The van der Waals surface area contributed by atoms with E-state index in [4.69, 9.17) is 15.5 Å². The van der Waals surface area contributed by atoms with Gasteiger partial charge in [-0.1, -0.05) is 12.1 Å². The molecule has 194 valence electrons. The Morgan fingerprint density at radius 2 is 1.92 bits per heavy atom. The predicted molar refractivity (Wildman–Crippen MR) is 139 cm³/mol.